The standard InChI is InChI=1S/C31H32N2O2/c1-20-13-15-24(16-14-20)31(35)27-19-21(2)29(33-27)28(22-9-5-3-6-10-22)25-17-18-26(32-25)30(34)23-11-7-4-8-12-23/h3-13,15-21,28,30-32,34-35H,14H2,1-2H3. The molecule has 0 spiro atoms. The van der Waals surface area contributed by atoms with Crippen LogP contribution in [-0.4, -0.2) is 27.0 Å². The third-order valence-electron chi connectivity index (χ3n) is 6.96. The normalized spacial score (nSPS) is 22.2. The summed E-state index contributed by atoms with van der Waals surface area (Å²) in [6, 6.07) is 23.9. The number of nitrogens with one attached hydrogen (secondary N) is 1. The Morgan fingerprint density at radius 1 is 0.829 bits per heavy atom. The molecular formula is C31H32N2O2. The van der Waals surface area contributed by atoms with Crippen LogP contribution in [-0.2, 0) is 0 Å². The molecule has 3 N–H and O–H groups in total. The number of hydrogen-bond acceptors (Lipinski definition) is 3. The van der Waals surface area contributed by atoms with Gasteiger partial charge in [0.2, 0.25) is 0 Å². The van der Waals surface area contributed by atoms with E-state index in [9.17, 15) is 10.2 Å². The van der Waals surface area contributed by atoms with Crippen LogP contribution in [0.2, 0.25) is 0 Å². The quantitative estimate of drug-likeness (QED) is 0.396. The Balaban J connectivity index is 1.48. The molecule has 4 heteroatoms. The lowest BCUT2D eigenvalue weighted by atomic mass is 9.85. The number of allylic oxidation sites excluding steroid dienone is 3. The first-order chi connectivity index (χ1) is 17.0. The molecule has 2 aliphatic rings. The summed E-state index contributed by atoms with van der Waals surface area (Å²) in [5.74, 6) is 0.458. The van der Waals surface area contributed by atoms with Crippen LogP contribution in [0.1, 0.15) is 54.8 Å². The van der Waals surface area contributed by atoms with Crippen LogP contribution in [0.3, 0.4) is 0 Å². The summed E-state index contributed by atoms with van der Waals surface area (Å²) in [5, 5.41) is 22.0. The third kappa shape index (κ3) is 4.86. The van der Waals surface area contributed by atoms with E-state index in [1.165, 1.54) is 0 Å². The molecule has 178 valence electrons. The monoisotopic (exact) mass is 464 g/mol. The number of hydrogen-bond donors (Lipinski definition) is 3. The number of aliphatic hydroxyl groups excluding tert-OH is 2. The predicted octanol–water partition coefficient (Wildman–Crippen LogP) is 6.09. The smallest absolute Gasteiger partial charge is 0.120 e. The van der Waals surface area contributed by atoms with E-state index in [4.69, 9.17) is 4.99 Å². The van der Waals surface area contributed by atoms with Crippen molar-refractivity contribution in [2.75, 3.05) is 0 Å². The van der Waals surface area contributed by atoms with Gasteiger partial charge in [-0.3, -0.25) is 4.99 Å². The van der Waals surface area contributed by atoms with Crippen molar-refractivity contribution in [1.29, 1.82) is 0 Å². The summed E-state index contributed by atoms with van der Waals surface area (Å²) in [4.78, 5) is 8.48. The second-order valence-corrected chi connectivity index (χ2v) is 9.62. The first-order valence-electron chi connectivity index (χ1n) is 12.3. The Morgan fingerprint density at radius 3 is 2.14 bits per heavy atom. The second-order valence-electron chi connectivity index (χ2n) is 9.62. The summed E-state index contributed by atoms with van der Waals surface area (Å²) in [6.07, 6.45) is 7.84. The van der Waals surface area contributed by atoms with Gasteiger partial charge >= 0.3 is 0 Å². The van der Waals surface area contributed by atoms with Crippen LogP contribution in [0.25, 0.3) is 0 Å². The maximum absolute atomic E-state index is 11.1. The van der Waals surface area contributed by atoms with E-state index in [1.54, 1.807) is 0 Å². The Kier molecular flexibility index (Phi) is 6.67. The van der Waals surface area contributed by atoms with Crippen LogP contribution >= 0.6 is 0 Å². The Hall–Kier alpha value is -3.47. The highest BCUT2D eigenvalue weighted by Gasteiger charge is 2.32. The number of aromatic amines is 1. The molecule has 1 aliphatic heterocycles. The number of aliphatic hydroxyl groups is 2. The van der Waals surface area contributed by atoms with Crippen molar-refractivity contribution < 1.29 is 10.2 Å². The van der Waals surface area contributed by atoms with Crippen molar-refractivity contribution in [3.05, 3.63) is 131 Å². The molecule has 3 aromatic rings. The first kappa shape index (κ1) is 23.3. The fraction of sp³-hybridized carbons (Fsp3) is 0.258. The van der Waals surface area contributed by atoms with Crippen LogP contribution < -0.4 is 0 Å². The molecule has 1 aliphatic carbocycles. The van der Waals surface area contributed by atoms with Gasteiger partial charge in [-0.2, -0.15) is 0 Å². The molecule has 5 atom stereocenters. The van der Waals surface area contributed by atoms with Crippen molar-refractivity contribution in [2.24, 2.45) is 16.8 Å². The molecule has 0 bridgehead atoms. The van der Waals surface area contributed by atoms with Crippen molar-refractivity contribution in [2.45, 2.75) is 38.4 Å². The average Bonchev–Trinajstić information content (AvgIpc) is 3.53. The molecule has 1 aromatic heterocycles. The van der Waals surface area contributed by atoms with E-state index in [0.717, 1.165) is 40.2 Å². The maximum atomic E-state index is 11.1. The molecule has 0 radical (unpaired) electrons. The summed E-state index contributed by atoms with van der Waals surface area (Å²) < 4.78 is 0. The minimum atomic E-state index is -0.729. The van der Waals surface area contributed by atoms with Gasteiger partial charge in [0.05, 0.1) is 11.6 Å². The van der Waals surface area contributed by atoms with Crippen molar-refractivity contribution >= 4 is 5.71 Å². The predicted molar refractivity (Wildman–Crippen MR) is 141 cm³/mol. The van der Waals surface area contributed by atoms with E-state index in [2.05, 4.69) is 49.2 Å². The number of aromatic nitrogens is 1. The van der Waals surface area contributed by atoms with Gasteiger partial charge in [0, 0.05) is 23.0 Å². The van der Waals surface area contributed by atoms with Crippen molar-refractivity contribution in [3.63, 3.8) is 0 Å². The van der Waals surface area contributed by atoms with Crippen molar-refractivity contribution in [1.82, 2.24) is 4.98 Å². The zero-order chi connectivity index (χ0) is 24.4. The summed E-state index contributed by atoms with van der Waals surface area (Å²) in [7, 11) is 0. The van der Waals surface area contributed by atoms with Gasteiger partial charge in [-0.05, 0) is 41.2 Å². The molecule has 0 fully saturated rings. The molecule has 5 unspecified atom stereocenters. The van der Waals surface area contributed by atoms with Gasteiger partial charge in [-0.15, -0.1) is 0 Å². The van der Waals surface area contributed by atoms with Crippen LogP contribution in [0.5, 0.6) is 0 Å². The van der Waals surface area contributed by atoms with Crippen LogP contribution in [0, 0.1) is 11.8 Å². The van der Waals surface area contributed by atoms with Crippen LogP contribution in [0.15, 0.2) is 113 Å². The summed E-state index contributed by atoms with van der Waals surface area (Å²) >= 11 is 0. The maximum Gasteiger partial charge on any atom is 0.120 e. The average molecular weight is 465 g/mol. The Morgan fingerprint density at radius 2 is 1.49 bits per heavy atom. The van der Waals surface area contributed by atoms with E-state index in [0.29, 0.717) is 11.6 Å². The number of aliphatic imine (C=N–C) groups is 1. The largest absolute Gasteiger partial charge is 0.382 e. The molecule has 0 saturated carbocycles. The number of rotatable bonds is 7. The summed E-state index contributed by atoms with van der Waals surface area (Å²) in [5.41, 5.74) is 6.29. The Labute approximate surface area is 207 Å². The lowest BCUT2D eigenvalue weighted by Gasteiger charge is -2.20. The van der Waals surface area contributed by atoms with Crippen molar-refractivity contribution in [3.8, 4) is 0 Å². The van der Waals surface area contributed by atoms with Gasteiger partial charge in [0.1, 0.15) is 12.2 Å². The molecule has 0 amide bonds. The fourth-order valence-electron chi connectivity index (χ4n) is 4.95. The molecule has 2 heterocycles. The summed E-state index contributed by atoms with van der Waals surface area (Å²) in [6.45, 7) is 4.30. The van der Waals surface area contributed by atoms with E-state index >= 15 is 0 Å². The first-order valence-corrected chi connectivity index (χ1v) is 12.3. The molecule has 0 saturated heterocycles. The Bertz CT molecular complexity index is 1280. The molecular weight excluding hydrogens is 432 g/mol. The lowest BCUT2D eigenvalue weighted by molar-refractivity contribution is 0.216. The number of H-pyrrole nitrogens is 1. The van der Waals surface area contributed by atoms with Gasteiger partial charge in [-0.25, -0.2) is 0 Å². The minimum absolute atomic E-state index is 0.0720. The van der Waals surface area contributed by atoms with Gasteiger partial charge in [0.25, 0.3) is 0 Å². The number of nitrogens with zero attached hydrogens (tertiary/aromatic N) is 1. The van der Waals surface area contributed by atoms with Gasteiger partial charge in [0.15, 0.2) is 0 Å². The third-order valence-corrected chi connectivity index (χ3v) is 6.96. The molecule has 35 heavy (non-hydrogen) atoms. The fourth-order valence-corrected chi connectivity index (χ4v) is 4.95. The van der Waals surface area contributed by atoms with Crippen LogP contribution in [0.4, 0.5) is 0 Å². The minimum Gasteiger partial charge on any atom is -0.382 e. The van der Waals surface area contributed by atoms with E-state index < -0.39 is 12.2 Å². The topological polar surface area (TPSA) is 68.6 Å². The highest BCUT2D eigenvalue weighted by Crippen LogP contribution is 2.36. The highest BCUT2D eigenvalue weighted by molar-refractivity contribution is 5.99. The van der Waals surface area contributed by atoms with Gasteiger partial charge in [-0.1, -0.05) is 98.8 Å². The second kappa shape index (κ2) is 10.0. The van der Waals surface area contributed by atoms with Gasteiger partial charge < -0.3 is 15.2 Å². The number of benzene rings is 2. The highest BCUT2D eigenvalue weighted by atomic mass is 16.3. The SMILES string of the molecule is CC1C=CC(C(O)C2=CC(C)C(C(c3ccccc3)c3ccc(C(O)c4ccccc4)[nH]3)=N2)=CC1. The zero-order valence-corrected chi connectivity index (χ0v) is 20.2. The molecule has 5 rings (SSSR count). The van der Waals surface area contributed by atoms with E-state index in [-0.39, 0.29) is 11.8 Å². The molecule has 4 nitrogen and oxygen atoms in total. The lowest BCUT2D eigenvalue weighted by Crippen LogP contribution is -2.19. The van der Waals surface area contributed by atoms with E-state index in [1.807, 2.05) is 66.7 Å². The zero-order valence-electron chi connectivity index (χ0n) is 20.2. The molecule has 2 aromatic carbocycles.